The number of aromatic nitrogens is 2. The van der Waals surface area contributed by atoms with Gasteiger partial charge in [-0.05, 0) is 32.2 Å². The highest BCUT2D eigenvalue weighted by molar-refractivity contribution is 5.93. The Balaban J connectivity index is 1.78. The van der Waals surface area contributed by atoms with Gasteiger partial charge >= 0.3 is 0 Å². The van der Waals surface area contributed by atoms with Gasteiger partial charge in [-0.15, -0.1) is 5.92 Å². The lowest BCUT2D eigenvalue weighted by atomic mass is 9.98. The highest BCUT2D eigenvalue weighted by Gasteiger charge is 2.20. The quantitative estimate of drug-likeness (QED) is 0.827. The number of H-pyrrole nitrogens is 1. The predicted molar refractivity (Wildman–Crippen MR) is 82.9 cm³/mol. The number of hydrogen-bond donors (Lipinski definition) is 2. The molecular formula is C16H24N4O. The summed E-state index contributed by atoms with van der Waals surface area (Å²) in [4.78, 5) is 21.4. The topological polar surface area (TPSA) is 61.0 Å². The van der Waals surface area contributed by atoms with Crippen molar-refractivity contribution in [3.63, 3.8) is 0 Å². The molecule has 2 rings (SSSR count). The van der Waals surface area contributed by atoms with Gasteiger partial charge in [0, 0.05) is 25.2 Å². The number of hydrogen-bond acceptors (Lipinski definition) is 3. The normalized spacial score (nSPS) is 18.9. The van der Waals surface area contributed by atoms with E-state index in [0.717, 1.165) is 38.2 Å². The Labute approximate surface area is 126 Å². The van der Waals surface area contributed by atoms with Crippen molar-refractivity contribution in [2.75, 3.05) is 26.2 Å². The molecule has 0 bridgehead atoms. The summed E-state index contributed by atoms with van der Waals surface area (Å²) in [5, 5.41) is 3.00. The summed E-state index contributed by atoms with van der Waals surface area (Å²) < 4.78 is 0. The van der Waals surface area contributed by atoms with Crippen LogP contribution in [0, 0.1) is 24.7 Å². The van der Waals surface area contributed by atoms with Crippen molar-refractivity contribution in [1.29, 1.82) is 0 Å². The van der Waals surface area contributed by atoms with Gasteiger partial charge < -0.3 is 10.3 Å². The SMILES string of the molecule is CCC#CCN1CCCC(CNC(=O)c2nc[nH]c2C)C1. The van der Waals surface area contributed by atoms with Crippen molar-refractivity contribution in [3.05, 3.63) is 17.7 Å². The Bertz CT molecular complexity index is 526. The Morgan fingerprint density at radius 1 is 1.57 bits per heavy atom. The molecule has 1 saturated heterocycles. The number of rotatable bonds is 4. The average molecular weight is 288 g/mol. The molecule has 1 aliphatic rings. The lowest BCUT2D eigenvalue weighted by molar-refractivity contribution is 0.0930. The number of amides is 1. The van der Waals surface area contributed by atoms with Crippen LogP contribution in [0.15, 0.2) is 6.33 Å². The second kappa shape index (κ2) is 7.84. The average Bonchev–Trinajstić information content (AvgIpc) is 2.92. The Hall–Kier alpha value is -1.80. The van der Waals surface area contributed by atoms with Crippen LogP contribution in [0.4, 0.5) is 0 Å². The molecule has 5 heteroatoms. The molecule has 114 valence electrons. The van der Waals surface area contributed by atoms with E-state index in [0.29, 0.717) is 18.2 Å². The van der Waals surface area contributed by atoms with Crippen LogP contribution in [0.25, 0.3) is 0 Å². The van der Waals surface area contributed by atoms with Gasteiger partial charge in [-0.2, -0.15) is 0 Å². The van der Waals surface area contributed by atoms with Crippen molar-refractivity contribution in [2.45, 2.75) is 33.1 Å². The van der Waals surface area contributed by atoms with E-state index in [9.17, 15) is 4.79 Å². The van der Waals surface area contributed by atoms with Gasteiger partial charge in [0.2, 0.25) is 0 Å². The fourth-order valence-electron chi connectivity index (χ4n) is 2.66. The number of nitrogens with zero attached hydrogens (tertiary/aromatic N) is 2. The number of nitrogens with one attached hydrogen (secondary N) is 2. The maximum Gasteiger partial charge on any atom is 0.271 e. The van der Waals surface area contributed by atoms with Crippen LogP contribution in [0.3, 0.4) is 0 Å². The first kappa shape index (κ1) is 15.6. The zero-order chi connectivity index (χ0) is 15.1. The lowest BCUT2D eigenvalue weighted by Gasteiger charge is -2.31. The minimum Gasteiger partial charge on any atom is -0.350 e. The van der Waals surface area contributed by atoms with Crippen molar-refractivity contribution in [2.24, 2.45) is 5.92 Å². The van der Waals surface area contributed by atoms with Crippen LogP contribution < -0.4 is 5.32 Å². The van der Waals surface area contributed by atoms with Crippen molar-refractivity contribution < 1.29 is 4.79 Å². The molecule has 0 radical (unpaired) electrons. The molecule has 1 fully saturated rings. The van der Waals surface area contributed by atoms with E-state index in [1.165, 1.54) is 6.42 Å². The fraction of sp³-hybridized carbons (Fsp3) is 0.625. The minimum absolute atomic E-state index is 0.0864. The van der Waals surface area contributed by atoms with Crippen LogP contribution in [-0.4, -0.2) is 47.0 Å². The van der Waals surface area contributed by atoms with Gasteiger partial charge in [-0.3, -0.25) is 9.69 Å². The lowest BCUT2D eigenvalue weighted by Crippen LogP contribution is -2.41. The predicted octanol–water partition coefficient (Wildman–Crippen LogP) is 1.57. The second-order valence-electron chi connectivity index (χ2n) is 5.54. The largest absolute Gasteiger partial charge is 0.350 e. The van der Waals surface area contributed by atoms with Crippen molar-refractivity contribution >= 4 is 5.91 Å². The van der Waals surface area contributed by atoms with Gasteiger partial charge in [-0.1, -0.05) is 12.8 Å². The standard InChI is InChI=1S/C16H24N4O/c1-3-4-5-8-20-9-6-7-14(11-20)10-17-16(21)15-13(2)18-12-19-15/h12,14H,3,6-11H2,1-2H3,(H,17,21)(H,18,19). The maximum atomic E-state index is 12.0. The first-order valence-electron chi connectivity index (χ1n) is 7.67. The third kappa shape index (κ3) is 4.61. The van der Waals surface area contributed by atoms with Crippen LogP contribution in [0.1, 0.15) is 42.4 Å². The molecule has 1 amide bonds. The maximum absolute atomic E-state index is 12.0. The molecule has 1 unspecified atom stereocenters. The zero-order valence-electron chi connectivity index (χ0n) is 12.9. The van der Waals surface area contributed by atoms with Crippen molar-refractivity contribution in [1.82, 2.24) is 20.2 Å². The molecule has 1 aliphatic heterocycles. The Morgan fingerprint density at radius 2 is 2.43 bits per heavy atom. The minimum atomic E-state index is -0.0864. The summed E-state index contributed by atoms with van der Waals surface area (Å²) in [6.07, 6.45) is 4.81. The molecule has 0 saturated carbocycles. The first-order chi connectivity index (χ1) is 10.2. The zero-order valence-corrected chi connectivity index (χ0v) is 12.9. The first-order valence-corrected chi connectivity index (χ1v) is 7.67. The summed E-state index contributed by atoms with van der Waals surface area (Å²) in [6.45, 7) is 7.61. The number of imidazole rings is 1. The second-order valence-corrected chi connectivity index (χ2v) is 5.54. The summed E-state index contributed by atoms with van der Waals surface area (Å²) in [6, 6.07) is 0. The van der Waals surface area contributed by atoms with E-state index in [2.05, 4.69) is 38.9 Å². The third-order valence-corrected chi connectivity index (χ3v) is 3.80. The number of aromatic amines is 1. The fourth-order valence-corrected chi connectivity index (χ4v) is 2.66. The van der Waals surface area contributed by atoms with Crippen molar-refractivity contribution in [3.8, 4) is 11.8 Å². The molecule has 2 N–H and O–H groups in total. The number of carbonyl (C=O) groups is 1. The van der Waals surface area contributed by atoms with Crippen LogP contribution >= 0.6 is 0 Å². The van der Waals surface area contributed by atoms with Gasteiger partial charge in [0.1, 0.15) is 5.69 Å². The molecule has 2 heterocycles. The van der Waals surface area contributed by atoms with E-state index in [-0.39, 0.29) is 5.91 Å². The van der Waals surface area contributed by atoms with E-state index in [1.54, 1.807) is 6.33 Å². The van der Waals surface area contributed by atoms with Crippen LogP contribution in [0.5, 0.6) is 0 Å². The van der Waals surface area contributed by atoms with Crippen LogP contribution in [0.2, 0.25) is 0 Å². The molecule has 5 nitrogen and oxygen atoms in total. The van der Waals surface area contributed by atoms with Gasteiger partial charge in [0.15, 0.2) is 0 Å². The van der Waals surface area contributed by atoms with E-state index in [1.807, 2.05) is 6.92 Å². The monoisotopic (exact) mass is 288 g/mol. The van der Waals surface area contributed by atoms with E-state index >= 15 is 0 Å². The molecule has 0 aliphatic carbocycles. The summed E-state index contributed by atoms with van der Waals surface area (Å²) in [7, 11) is 0. The van der Waals surface area contributed by atoms with Gasteiger partial charge in [0.25, 0.3) is 5.91 Å². The van der Waals surface area contributed by atoms with Gasteiger partial charge in [-0.25, -0.2) is 4.98 Å². The molecule has 1 aromatic heterocycles. The molecule has 0 spiro atoms. The Morgan fingerprint density at radius 3 is 3.14 bits per heavy atom. The highest BCUT2D eigenvalue weighted by Crippen LogP contribution is 2.15. The number of likely N-dealkylation sites (tertiary alicyclic amines) is 1. The van der Waals surface area contributed by atoms with E-state index in [4.69, 9.17) is 0 Å². The molecule has 1 atom stereocenters. The molecule has 0 aromatic carbocycles. The molecular weight excluding hydrogens is 264 g/mol. The third-order valence-electron chi connectivity index (χ3n) is 3.80. The van der Waals surface area contributed by atoms with Gasteiger partial charge in [0.05, 0.1) is 12.9 Å². The van der Waals surface area contributed by atoms with Crippen LogP contribution in [-0.2, 0) is 0 Å². The smallest absolute Gasteiger partial charge is 0.271 e. The number of aryl methyl sites for hydroxylation is 1. The number of piperidine rings is 1. The summed E-state index contributed by atoms with van der Waals surface area (Å²) in [5.41, 5.74) is 1.31. The Kier molecular flexibility index (Phi) is 5.82. The molecule has 21 heavy (non-hydrogen) atoms. The molecule has 1 aromatic rings. The number of carbonyl (C=O) groups excluding carboxylic acids is 1. The summed E-state index contributed by atoms with van der Waals surface area (Å²) in [5.74, 6) is 6.73. The highest BCUT2D eigenvalue weighted by atomic mass is 16.1. The summed E-state index contributed by atoms with van der Waals surface area (Å²) >= 11 is 0. The van der Waals surface area contributed by atoms with E-state index < -0.39 is 0 Å².